The number of ether oxygens (including phenoxy) is 2. The first kappa shape index (κ1) is 29.5. The van der Waals surface area contributed by atoms with Gasteiger partial charge in [0.1, 0.15) is 18.5 Å². The van der Waals surface area contributed by atoms with Gasteiger partial charge in [-0.25, -0.2) is 15.0 Å². The van der Waals surface area contributed by atoms with E-state index in [-0.39, 0.29) is 19.2 Å². The molecule has 3 aliphatic heterocycles. The molecule has 0 N–H and O–H groups in total. The van der Waals surface area contributed by atoms with E-state index >= 15 is 0 Å². The molecule has 0 spiro atoms. The molecule has 2 saturated heterocycles. The van der Waals surface area contributed by atoms with Gasteiger partial charge in [0.2, 0.25) is 16.6 Å². The molecule has 0 aliphatic carbocycles. The van der Waals surface area contributed by atoms with Gasteiger partial charge in [-0.05, 0) is 55.3 Å². The van der Waals surface area contributed by atoms with E-state index in [9.17, 15) is 8.42 Å². The lowest BCUT2D eigenvalue weighted by molar-refractivity contribution is 0.0264. The van der Waals surface area contributed by atoms with Crippen molar-refractivity contribution >= 4 is 26.6 Å². The van der Waals surface area contributed by atoms with Crippen molar-refractivity contribution in [3.05, 3.63) is 82.2 Å². The van der Waals surface area contributed by atoms with Gasteiger partial charge < -0.3 is 24.1 Å². The molecule has 1 unspecified atom stereocenters. The average molecular weight is 603 g/mol. The summed E-state index contributed by atoms with van der Waals surface area (Å²) in [6.07, 6.45) is 2.60. The number of anilines is 1. The van der Waals surface area contributed by atoms with Crippen molar-refractivity contribution in [1.82, 2.24) is 19.2 Å². The lowest BCUT2D eigenvalue weighted by Crippen LogP contribution is -2.56. The molecule has 43 heavy (non-hydrogen) atoms. The van der Waals surface area contributed by atoms with E-state index in [1.165, 1.54) is 20.6 Å². The number of piperazine rings is 1. The van der Waals surface area contributed by atoms with Crippen molar-refractivity contribution in [2.45, 2.75) is 51.0 Å². The number of likely N-dealkylation sites (tertiary alicyclic amines) is 1. The van der Waals surface area contributed by atoms with Crippen LogP contribution in [0.1, 0.15) is 41.3 Å². The van der Waals surface area contributed by atoms with E-state index in [0.29, 0.717) is 50.6 Å². The third-order valence-electron chi connectivity index (χ3n) is 8.99. The number of likely N-dealkylation sites (N-methyl/N-ethyl adjacent to an activating group) is 1. The summed E-state index contributed by atoms with van der Waals surface area (Å²) < 4.78 is 39.6. The maximum Gasteiger partial charge on any atom is 0.318 e. The predicted octanol–water partition coefficient (Wildman–Crippen LogP) is 4.11. The van der Waals surface area contributed by atoms with Gasteiger partial charge in [0.25, 0.3) is 0 Å². The highest BCUT2D eigenvalue weighted by Crippen LogP contribution is 2.38. The fourth-order valence-electron chi connectivity index (χ4n) is 6.66. The Kier molecular flexibility index (Phi) is 8.38. The zero-order valence-electron chi connectivity index (χ0n) is 24.8. The number of fused-ring (bicyclic) bond motifs is 2. The summed E-state index contributed by atoms with van der Waals surface area (Å²) in [5.41, 5.74) is 4.11. The lowest BCUT2D eigenvalue weighted by atomic mass is 9.92. The molecule has 11 heteroatoms. The number of hydrogen-bond acceptors (Lipinski definition) is 8. The second-order valence-corrected chi connectivity index (χ2v) is 13.5. The molecule has 3 aromatic rings. The highest BCUT2D eigenvalue weighted by Gasteiger charge is 2.38. The summed E-state index contributed by atoms with van der Waals surface area (Å²) in [7, 11) is -1.55. The first-order valence-corrected chi connectivity index (χ1v) is 16.3. The van der Waals surface area contributed by atoms with Crippen LogP contribution in [0.25, 0.3) is 15.6 Å². The molecular weight excluding hydrogens is 564 g/mol. The SMILES string of the molecule is [C-]#[N+]C[C@H]1CN(c2nc(OC[C@@H]3CCCN3C)nc3c2COC(c2cccc4cccc(C)c24)C3)CCN1S(=O)(=O)C=C. The van der Waals surface area contributed by atoms with Gasteiger partial charge in [0.15, 0.2) is 0 Å². The normalized spacial score (nSPS) is 23.2. The third-order valence-corrected chi connectivity index (χ3v) is 10.5. The van der Waals surface area contributed by atoms with E-state index in [2.05, 4.69) is 71.6 Å². The molecule has 0 saturated carbocycles. The fraction of sp³-hybridized carbons (Fsp3) is 0.469. The molecule has 3 aliphatic rings. The number of aryl methyl sites for hydroxylation is 1. The van der Waals surface area contributed by atoms with E-state index in [1.54, 1.807) is 0 Å². The third kappa shape index (κ3) is 5.85. The van der Waals surface area contributed by atoms with Gasteiger partial charge >= 0.3 is 6.01 Å². The summed E-state index contributed by atoms with van der Waals surface area (Å²) in [6, 6.07) is 12.8. The van der Waals surface area contributed by atoms with Crippen LogP contribution in [0, 0.1) is 13.5 Å². The minimum atomic E-state index is -3.67. The Bertz CT molecular complexity index is 1670. The molecule has 10 nitrogen and oxygen atoms in total. The molecule has 226 valence electrons. The van der Waals surface area contributed by atoms with Crippen LogP contribution in [0.4, 0.5) is 5.82 Å². The van der Waals surface area contributed by atoms with Crippen LogP contribution in [0.15, 0.2) is 48.4 Å². The van der Waals surface area contributed by atoms with Gasteiger partial charge in [-0.3, -0.25) is 0 Å². The van der Waals surface area contributed by atoms with Crippen molar-refractivity contribution < 1.29 is 17.9 Å². The van der Waals surface area contributed by atoms with Crippen molar-refractivity contribution in [1.29, 1.82) is 0 Å². The van der Waals surface area contributed by atoms with Crippen LogP contribution < -0.4 is 9.64 Å². The molecular formula is C32H38N6O4S. The van der Waals surface area contributed by atoms with Gasteiger partial charge in [0.05, 0.1) is 18.4 Å². The van der Waals surface area contributed by atoms with Crippen LogP contribution in [0.3, 0.4) is 0 Å². The number of sulfonamides is 1. The van der Waals surface area contributed by atoms with Gasteiger partial charge in [0, 0.05) is 43.1 Å². The average Bonchev–Trinajstić information content (AvgIpc) is 3.43. The Morgan fingerprint density at radius 2 is 1.98 bits per heavy atom. The Morgan fingerprint density at radius 3 is 2.72 bits per heavy atom. The van der Waals surface area contributed by atoms with Gasteiger partial charge in [-0.2, -0.15) is 14.3 Å². The van der Waals surface area contributed by atoms with Gasteiger partial charge in [-0.1, -0.05) is 43.0 Å². The quantitative estimate of drug-likeness (QED) is 0.356. The number of aromatic nitrogens is 2. The number of rotatable bonds is 8. The zero-order chi connectivity index (χ0) is 30.1. The molecule has 6 rings (SSSR count). The second-order valence-electron chi connectivity index (χ2n) is 11.6. The lowest BCUT2D eigenvalue weighted by Gasteiger charge is -2.39. The first-order chi connectivity index (χ1) is 20.8. The summed E-state index contributed by atoms with van der Waals surface area (Å²) in [6.45, 7) is 16.0. The Morgan fingerprint density at radius 1 is 1.16 bits per heavy atom. The van der Waals surface area contributed by atoms with E-state index in [1.807, 2.05) is 0 Å². The summed E-state index contributed by atoms with van der Waals surface area (Å²) in [4.78, 5) is 17.7. The molecule has 3 atom stereocenters. The Balaban J connectivity index is 1.35. The zero-order valence-corrected chi connectivity index (χ0v) is 25.6. The number of hydrogen-bond donors (Lipinski definition) is 0. The Labute approximate surface area is 253 Å². The van der Waals surface area contributed by atoms with Crippen LogP contribution in [-0.4, -0.2) is 86.1 Å². The standard InChI is InChI=1S/C32H38N6O4S/c1-5-43(39,40)38-16-15-37(19-25(38)18-33-3)31-27-21-41-29(26-13-7-11-23-10-6-9-22(2)30(23)26)17-28(27)34-32(35-31)42-20-24-12-8-14-36(24)4/h5-7,9-11,13,24-25,29H,1,8,12,14-21H2,2,4H3/t24-,25-,29?/m0/s1. The first-order valence-electron chi connectivity index (χ1n) is 14.8. The fourth-order valence-corrected chi connectivity index (χ4v) is 7.74. The van der Waals surface area contributed by atoms with E-state index in [4.69, 9.17) is 26.0 Å². The molecule has 2 fully saturated rings. The number of benzene rings is 2. The maximum absolute atomic E-state index is 12.7. The topological polar surface area (TPSA) is 92.5 Å². The second kappa shape index (κ2) is 12.2. The molecule has 1 aromatic heterocycles. The van der Waals surface area contributed by atoms with E-state index < -0.39 is 16.1 Å². The van der Waals surface area contributed by atoms with Crippen LogP contribution in [0.5, 0.6) is 6.01 Å². The molecule has 4 heterocycles. The summed E-state index contributed by atoms with van der Waals surface area (Å²) >= 11 is 0. The van der Waals surface area contributed by atoms with Crippen molar-refractivity contribution in [2.24, 2.45) is 0 Å². The maximum atomic E-state index is 12.7. The van der Waals surface area contributed by atoms with Crippen LogP contribution in [0.2, 0.25) is 0 Å². The van der Waals surface area contributed by atoms with Crippen LogP contribution in [-0.2, 0) is 27.8 Å². The van der Waals surface area contributed by atoms with Crippen molar-refractivity contribution in [3.8, 4) is 6.01 Å². The molecule has 2 aromatic carbocycles. The molecule has 0 amide bonds. The largest absolute Gasteiger partial charge is 0.462 e. The van der Waals surface area contributed by atoms with Crippen molar-refractivity contribution in [2.75, 3.05) is 51.3 Å². The smallest absolute Gasteiger partial charge is 0.318 e. The summed E-state index contributed by atoms with van der Waals surface area (Å²) in [5.74, 6) is 0.693. The molecule has 0 radical (unpaired) electrons. The number of nitrogens with zero attached hydrogens (tertiary/aromatic N) is 6. The van der Waals surface area contributed by atoms with Crippen LogP contribution >= 0.6 is 0 Å². The van der Waals surface area contributed by atoms with E-state index in [0.717, 1.165) is 41.6 Å². The Hall–Kier alpha value is -3.56. The minimum Gasteiger partial charge on any atom is -0.462 e. The summed E-state index contributed by atoms with van der Waals surface area (Å²) in [5, 5.41) is 3.34. The van der Waals surface area contributed by atoms with Crippen molar-refractivity contribution in [3.63, 3.8) is 0 Å². The minimum absolute atomic E-state index is 0.0488. The molecule has 0 bridgehead atoms. The highest BCUT2D eigenvalue weighted by molar-refractivity contribution is 7.92. The predicted molar refractivity (Wildman–Crippen MR) is 166 cm³/mol. The monoisotopic (exact) mass is 602 g/mol. The highest BCUT2D eigenvalue weighted by atomic mass is 32.2. The van der Waals surface area contributed by atoms with Gasteiger partial charge in [-0.15, -0.1) is 0 Å².